The lowest BCUT2D eigenvalue weighted by Crippen LogP contribution is -2.06. The molecule has 0 unspecified atom stereocenters. The van der Waals surface area contributed by atoms with Crippen LogP contribution in [0, 0.1) is 6.92 Å². The Morgan fingerprint density at radius 2 is 1.89 bits per heavy atom. The molecule has 0 saturated heterocycles. The summed E-state index contributed by atoms with van der Waals surface area (Å²) in [5.41, 5.74) is 3.20. The second-order valence-electron chi connectivity index (χ2n) is 5.78. The van der Waals surface area contributed by atoms with Crippen LogP contribution in [0.4, 0.5) is 0 Å². The van der Waals surface area contributed by atoms with Crippen molar-refractivity contribution in [3.63, 3.8) is 0 Å². The van der Waals surface area contributed by atoms with Crippen molar-refractivity contribution in [1.82, 2.24) is 4.98 Å². The number of ether oxygens (including phenoxy) is 3. The first-order valence-corrected chi connectivity index (χ1v) is 9.37. The lowest BCUT2D eigenvalue weighted by molar-refractivity contribution is 0.0468. The molecule has 3 rings (SSSR count). The summed E-state index contributed by atoms with van der Waals surface area (Å²) in [6, 6.07) is 11.1. The van der Waals surface area contributed by atoms with Gasteiger partial charge in [-0.15, -0.1) is 11.3 Å². The highest BCUT2D eigenvalue weighted by atomic mass is 35.5. The topological polar surface area (TPSA) is 57.7 Å². The summed E-state index contributed by atoms with van der Waals surface area (Å²) in [5.74, 6) is 0.230. The number of rotatable bonds is 6. The van der Waals surface area contributed by atoms with E-state index in [0.29, 0.717) is 17.2 Å². The summed E-state index contributed by atoms with van der Waals surface area (Å²) in [6.07, 6.45) is 0. The number of esters is 1. The Hall–Kier alpha value is -2.57. The second kappa shape index (κ2) is 8.41. The van der Waals surface area contributed by atoms with Gasteiger partial charge in [0, 0.05) is 10.9 Å². The molecule has 0 aliphatic rings. The van der Waals surface area contributed by atoms with Gasteiger partial charge in [-0.2, -0.15) is 0 Å². The molecule has 2 aromatic carbocycles. The Labute approximate surface area is 166 Å². The van der Waals surface area contributed by atoms with Crippen LogP contribution in [0.1, 0.15) is 21.6 Å². The number of carbonyl (C=O) groups is 1. The van der Waals surface area contributed by atoms with Crippen molar-refractivity contribution in [2.24, 2.45) is 0 Å². The number of carbonyl (C=O) groups excluding carboxylic acids is 1. The minimum atomic E-state index is -0.511. The molecule has 0 atom stereocenters. The molecule has 0 saturated carbocycles. The minimum Gasteiger partial charge on any atom is -0.493 e. The van der Waals surface area contributed by atoms with Crippen molar-refractivity contribution in [3.05, 3.63) is 63.6 Å². The molecule has 0 spiro atoms. The van der Waals surface area contributed by atoms with Crippen LogP contribution in [-0.2, 0) is 11.3 Å². The number of hydrogen-bond donors (Lipinski definition) is 0. The van der Waals surface area contributed by atoms with Gasteiger partial charge >= 0.3 is 5.97 Å². The molecule has 5 nitrogen and oxygen atoms in total. The van der Waals surface area contributed by atoms with Gasteiger partial charge in [0.15, 0.2) is 11.5 Å². The lowest BCUT2D eigenvalue weighted by Gasteiger charge is -2.11. The van der Waals surface area contributed by atoms with E-state index in [1.165, 1.54) is 43.3 Å². The van der Waals surface area contributed by atoms with Gasteiger partial charge in [-0.1, -0.05) is 41.4 Å². The fourth-order valence-electron chi connectivity index (χ4n) is 2.46. The smallest absolute Gasteiger partial charge is 0.338 e. The van der Waals surface area contributed by atoms with E-state index < -0.39 is 5.97 Å². The first kappa shape index (κ1) is 19.2. The Morgan fingerprint density at radius 1 is 1.15 bits per heavy atom. The quantitative estimate of drug-likeness (QED) is 0.533. The van der Waals surface area contributed by atoms with E-state index in [4.69, 9.17) is 25.8 Å². The third kappa shape index (κ3) is 4.40. The maximum Gasteiger partial charge on any atom is 0.338 e. The van der Waals surface area contributed by atoms with Gasteiger partial charge in [0.05, 0.1) is 30.5 Å². The van der Waals surface area contributed by atoms with E-state index >= 15 is 0 Å². The Balaban J connectivity index is 1.69. The summed E-state index contributed by atoms with van der Waals surface area (Å²) in [6.45, 7) is 2.12. The van der Waals surface area contributed by atoms with Crippen molar-refractivity contribution < 1.29 is 19.0 Å². The Bertz CT molecular complexity index is 953. The summed E-state index contributed by atoms with van der Waals surface area (Å²) < 4.78 is 15.7. The zero-order chi connectivity index (χ0) is 19.4. The highest BCUT2D eigenvalue weighted by Crippen LogP contribution is 2.36. The average molecular weight is 404 g/mol. The van der Waals surface area contributed by atoms with Gasteiger partial charge in [-0.05, 0) is 19.1 Å². The molecule has 1 aromatic heterocycles. The zero-order valence-corrected chi connectivity index (χ0v) is 16.7. The fraction of sp³-hybridized carbons (Fsp3) is 0.200. The summed E-state index contributed by atoms with van der Waals surface area (Å²) in [5, 5.41) is 3.04. The third-order valence-electron chi connectivity index (χ3n) is 3.87. The van der Waals surface area contributed by atoms with E-state index in [1.54, 1.807) is 0 Å². The van der Waals surface area contributed by atoms with Crippen LogP contribution >= 0.6 is 22.9 Å². The second-order valence-corrected chi connectivity index (χ2v) is 7.05. The van der Waals surface area contributed by atoms with Gasteiger partial charge in [0.1, 0.15) is 11.6 Å². The monoisotopic (exact) mass is 403 g/mol. The predicted molar refractivity (Wildman–Crippen MR) is 106 cm³/mol. The maximum absolute atomic E-state index is 12.4. The lowest BCUT2D eigenvalue weighted by atomic mass is 10.2. The molecule has 7 heteroatoms. The fourth-order valence-corrected chi connectivity index (χ4v) is 3.56. The Morgan fingerprint density at radius 3 is 2.56 bits per heavy atom. The molecular weight excluding hydrogens is 386 g/mol. The summed E-state index contributed by atoms with van der Waals surface area (Å²) in [4.78, 5) is 16.9. The van der Waals surface area contributed by atoms with Crippen molar-refractivity contribution >= 4 is 28.9 Å². The van der Waals surface area contributed by atoms with Crippen molar-refractivity contribution in [2.45, 2.75) is 13.5 Å². The largest absolute Gasteiger partial charge is 0.493 e. The van der Waals surface area contributed by atoms with Gasteiger partial charge < -0.3 is 14.2 Å². The number of benzene rings is 2. The number of aryl methyl sites for hydroxylation is 1. The predicted octanol–water partition coefficient (Wildman–Crippen LogP) is 5.15. The first-order chi connectivity index (χ1) is 13.0. The SMILES string of the molecule is COc1cc(C(=O)OCc2csc(-c3ccc(C)cc3)n2)cc(Cl)c1OC. The summed E-state index contributed by atoms with van der Waals surface area (Å²) in [7, 11) is 2.96. The number of thiazole rings is 1. The van der Waals surface area contributed by atoms with Crippen LogP contribution in [0.5, 0.6) is 11.5 Å². The number of aromatic nitrogens is 1. The molecule has 1 heterocycles. The highest BCUT2D eigenvalue weighted by molar-refractivity contribution is 7.13. The molecule has 0 fully saturated rings. The standard InChI is InChI=1S/C20H18ClNO4S/c1-12-4-6-13(7-5-12)19-22-15(11-27-19)10-26-20(23)14-8-16(21)18(25-3)17(9-14)24-2/h4-9,11H,10H2,1-3H3. The van der Waals surface area contributed by atoms with Crippen molar-refractivity contribution in [3.8, 4) is 22.1 Å². The van der Waals surface area contributed by atoms with Crippen molar-refractivity contribution in [2.75, 3.05) is 14.2 Å². The normalized spacial score (nSPS) is 10.5. The van der Waals surface area contributed by atoms with E-state index in [0.717, 1.165) is 10.6 Å². The van der Waals surface area contributed by atoms with E-state index in [1.807, 2.05) is 36.6 Å². The third-order valence-corrected chi connectivity index (χ3v) is 5.09. The van der Waals surface area contributed by atoms with Gasteiger partial charge in [0.2, 0.25) is 0 Å². The number of hydrogen-bond acceptors (Lipinski definition) is 6. The van der Waals surface area contributed by atoms with Gasteiger partial charge in [0.25, 0.3) is 0 Å². The van der Waals surface area contributed by atoms with Gasteiger partial charge in [-0.3, -0.25) is 0 Å². The Kier molecular flexibility index (Phi) is 5.98. The molecule has 0 bridgehead atoms. The van der Waals surface area contributed by atoms with Crippen LogP contribution in [0.25, 0.3) is 10.6 Å². The molecule has 0 amide bonds. The number of methoxy groups -OCH3 is 2. The number of halogens is 1. The maximum atomic E-state index is 12.4. The molecule has 0 aliphatic carbocycles. The minimum absolute atomic E-state index is 0.0765. The highest BCUT2D eigenvalue weighted by Gasteiger charge is 2.17. The van der Waals surface area contributed by atoms with Crippen LogP contribution in [0.2, 0.25) is 5.02 Å². The van der Waals surface area contributed by atoms with Crippen molar-refractivity contribution in [1.29, 1.82) is 0 Å². The first-order valence-electron chi connectivity index (χ1n) is 8.12. The molecule has 27 heavy (non-hydrogen) atoms. The van der Waals surface area contributed by atoms with Crippen LogP contribution < -0.4 is 9.47 Å². The molecular formula is C20H18ClNO4S. The molecule has 3 aromatic rings. The average Bonchev–Trinajstić information content (AvgIpc) is 3.15. The van der Waals surface area contributed by atoms with Crippen LogP contribution in [-0.4, -0.2) is 25.2 Å². The van der Waals surface area contributed by atoms with E-state index in [2.05, 4.69) is 4.98 Å². The molecule has 0 N–H and O–H groups in total. The molecule has 0 radical (unpaired) electrons. The summed E-state index contributed by atoms with van der Waals surface area (Å²) >= 11 is 7.64. The molecule has 0 aliphatic heterocycles. The van der Waals surface area contributed by atoms with Gasteiger partial charge in [-0.25, -0.2) is 9.78 Å². The number of nitrogens with zero attached hydrogens (tertiary/aromatic N) is 1. The van der Waals surface area contributed by atoms with E-state index in [9.17, 15) is 4.79 Å². The van der Waals surface area contributed by atoms with Crippen LogP contribution in [0.3, 0.4) is 0 Å². The van der Waals surface area contributed by atoms with E-state index in [-0.39, 0.29) is 17.2 Å². The molecule has 140 valence electrons. The zero-order valence-electron chi connectivity index (χ0n) is 15.1. The van der Waals surface area contributed by atoms with Crippen LogP contribution in [0.15, 0.2) is 41.8 Å².